The molecule has 12 heteroatoms. The number of rotatable bonds is 9. The van der Waals surface area contributed by atoms with Crippen LogP contribution in [0.25, 0.3) is 11.3 Å². The number of hydrogen-bond donors (Lipinski definition) is 3. The maximum absolute atomic E-state index is 13.3. The first-order chi connectivity index (χ1) is 18.0. The van der Waals surface area contributed by atoms with Crippen LogP contribution < -0.4 is 16.2 Å². The van der Waals surface area contributed by atoms with Gasteiger partial charge in [0.25, 0.3) is 5.56 Å². The minimum absolute atomic E-state index is 0.149. The molecule has 0 saturated carbocycles. The predicted molar refractivity (Wildman–Crippen MR) is 133 cm³/mol. The molecule has 9 nitrogen and oxygen atoms in total. The number of anilines is 1. The number of ether oxygens (including phenoxy) is 1. The third-order valence-electron chi connectivity index (χ3n) is 5.58. The first-order valence-electron chi connectivity index (χ1n) is 11.6. The number of halogens is 3. The summed E-state index contributed by atoms with van der Waals surface area (Å²) in [7, 11) is 0. The van der Waals surface area contributed by atoms with E-state index in [9.17, 15) is 32.7 Å². The Morgan fingerprint density at radius 3 is 2.34 bits per heavy atom. The van der Waals surface area contributed by atoms with E-state index in [1.807, 2.05) is 0 Å². The molecular weight excluding hydrogens is 505 g/mol. The summed E-state index contributed by atoms with van der Waals surface area (Å²) in [6.07, 6.45) is -7.16. The lowest BCUT2D eigenvalue weighted by molar-refractivity contribution is -0.215. The molecule has 202 valence electrons. The molecule has 0 fully saturated rings. The molecule has 0 spiro atoms. The number of hydrogen-bond acceptors (Lipinski definition) is 6. The van der Waals surface area contributed by atoms with Crippen LogP contribution in [0.3, 0.4) is 0 Å². The van der Waals surface area contributed by atoms with Gasteiger partial charge in [-0.2, -0.15) is 13.2 Å². The number of pyridine rings is 2. The number of aliphatic hydroxyl groups is 1. The number of aromatic nitrogens is 2. The fourth-order valence-electron chi connectivity index (χ4n) is 3.65. The minimum Gasteiger partial charge on any atom is -0.443 e. The Hall–Kier alpha value is -4.19. The quantitative estimate of drug-likeness (QED) is 0.386. The van der Waals surface area contributed by atoms with Crippen LogP contribution in [0.1, 0.15) is 19.5 Å². The lowest BCUT2D eigenvalue weighted by Gasteiger charge is -2.29. The van der Waals surface area contributed by atoms with E-state index in [0.29, 0.717) is 11.3 Å². The summed E-state index contributed by atoms with van der Waals surface area (Å²) in [6, 6.07) is 14.8. The molecule has 2 unspecified atom stereocenters. The van der Waals surface area contributed by atoms with Gasteiger partial charge in [0, 0.05) is 6.20 Å². The molecule has 3 aromatic rings. The van der Waals surface area contributed by atoms with Crippen LogP contribution >= 0.6 is 0 Å². The highest BCUT2D eigenvalue weighted by Crippen LogP contribution is 2.25. The van der Waals surface area contributed by atoms with E-state index in [0.717, 1.165) is 4.57 Å². The van der Waals surface area contributed by atoms with E-state index in [1.165, 1.54) is 32.2 Å². The molecule has 2 amide bonds. The fourth-order valence-corrected chi connectivity index (χ4v) is 3.65. The van der Waals surface area contributed by atoms with Crippen LogP contribution in [0.4, 0.5) is 23.7 Å². The van der Waals surface area contributed by atoms with Crippen LogP contribution in [0, 0.1) is 5.92 Å². The monoisotopic (exact) mass is 532 g/mol. The number of benzene rings is 1. The van der Waals surface area contributed by atoms with E-state index >= 15 is 0 Å². The molecule has 0 aliphatic heterocycles. The first-order valence-corrected chi connectivity index (χ1v) is 11.6. The Morgan fingerprint density at radius 2 is 1.74 bits per heavy atom. The van der Waals surface area contributed by atoms with Crippen LogP contribution in [-0.4, -0.2) is 45.0 Å². The van der Waals surface area contributed by atoms with Crippen molar-refractivity contribution in [2.24, 2.45) is 5.92 Å². The van der Waals surface area contributed by atoms with Gasteiger partial charge in [-0.3, -0.25) is 24.5 Å². The number of carbonyl (C=O) groups is 2. The number of aliphatic hydroxyl groups excluding tert-OH is 1. The third kappa shape index (κ3) is 7.42. The molecule has 1 aromatic carbocycles. The maximum Gasteiger partial charge on any atom is 0.416 e. The van der Waals surface area contributed by atoms with Gasteiger partial charge in [0.05, 0.1) is 17.4 Å². The van der Waals surface area contributed by atoms with Gasteiger partial charge in [0.2, 0.25) is 5.91 Å². The summed E-state index contributed by atoms with van der Waals surface area (Å²) in [5, 5.41) is 14.2. The van der Waals surface area contributed by atoms with Crippen molar-refractivity contribution in [1.82, 2.24) is 14.9 Å². The second-order valence-electron chi connectivity index (χ2n) is 8.74. The predicted octanol–water partition coefficient (Wildman–Crippen LogP) is 3.72. The Balaban J connectivity index is 1.86. The smallest absolute Gasteiger partial charge is 0.416 e. The standard InChI is InChI=1S/C26H27F3N4O5/c1-16(2)22(23(35)26(27,28)29)32-21(34)14-33-20(17-8-4-3-5-9-17)12-11-19(24(33)36)31-25(37)38-15-18-10-6-7-13-30-18/h3-13,16,22-23,35H,14-15H2,1-2H3,(H,31,37)(H,32,34). The van der Waals surface area contributed by atoms with Crippen LogP contribution in [0.5, 0.6) is 0 Å². The second kappa shape index (κ2) is 12.4. The second-order valence-corrected chi connectivity index (χ2v) is 8.74. The molecule has 0 bridgehead atoms. The fraction of sp³-hybridized carbons (Fsp3) is 0.308. The molecule has 0 saturated heterocycles. The zero-order valence-electron chi connectivity index (χ0n) is 20.6. The molecule has 2 aromatic heterocycles. The summed E-state index contributed by atoms with van der Waals surface area (Å²) >= 11 is 0. The van der Waals surface area contributed by atoms with E-state index in [1.54, 1.807) is 48.5 Å². The lowest BCUT2D eigenvalue weighted by atomic mass is 9.98. The van der Waals surface area contributed by atoms with Crippen molar-refractivity contribution in [3.05, 3.63) is 82.9 Å². The number of nitrogens with one attached hydrogen (secondary N) is 2. The van der Waals surface area contributed by atoms with Gasteiger partial charge in [-0.25, -0.2) is 4.79 Å². The zero-order valence-corrected chi connectivity index (χ0v) is 20.6. The van der Waals surface area contributed by atoms with Crippen molar-refractivity contribution in [3.8, 4) is 11.3 Å². The Labute approximate surface area is 216 Å². The third-order valence-corrected chi connectivity index (χ3v) is 5.58. The van der Waals surface area contributed by atoms with Gasteiger partial charge in [-0.1, -0.05) is 50.2 Å². The summed E-state index contributed by atoms with van der Waals surface area (Å²) < 4.78 is 45.5. The Morgan fingerprint density at radius 1 is 1.05 bits per heavy atom. The molecule has 0 radical (unpaired) electrons. The van der Waals surface area contributed by atoms with Gasteiger partial charge in [-0.15, -0.1) is 0 Å². The highest BCUT2D eigenvalue weighted by Gasteiger charge is 2.45. The van der Waals surface area contributed by atoms with Gasteiger partial charge < -0.3 is 15.2 Å². The minimum atomic E-state index is -4.95. The van der Waals surface area contributed by atoms with Gasteiger partial charge >= 0.3 is 12.3 Å². The largest absolute Gasteiger partial charge is 0.443 e. The molecule has 3 rings (SSSR count). The summed E-state index contributed by atoms with van der Waals surface area (Å²) in [5.74, 6) is -1.69. The number of nitrogens with zero attached hydrogens (tertiary/aromatic N) is 2. The Kier molecular flexibility index (Phi) is 9.24. The molecular formula is C26H27F3N4O5. The summed E-state index contributed by atoms with van der Waals surface area (Å²) in [5.41, 5.74) is 0.331. The number of alkyl halides is 3. The van der Waals surface area contributed by atoms with Crippen LogP contribution in [-0.2, 0) is 22.7 Å². The topological polar surface area (TPSA) is 123 Å². The molecule has 3 N–H and O–H groups in total. The molecule has 2 heterocycles. The highest BCUT2D eigenvalue weighted by molar-refractivity contribution is 5.85. The number of amides is 2. The van der Waals surface area contributed by atoms with Crippen LogP contribution in [0.2, 0.25) is 0 Å². The van der Waals surface area contributed by atoms with Gasteiger partial charge in [-0.05, 0) is 35.7 Å². The molecule has 0 aliphatic carbocycles. The van der Waals surface area contributed by atoms with Crippen molar-refractivity contribution in [2.75, 3.05) is 5.32 Å². The summed E-state index contributed by atoms with van der Waals surface area (Å²) in [4.78, 5) is 42.4. The van der Waals surface area contributed by atoms with E-state index in [-0.39, 0.29) is 18.0 Å². The van der Waals surface area contributed by atoms with E-state index in [2.05, 4.69) is 15.6 Å². The van der Waals surface area contributed by atoms with Crippen LogP contribution in [0.15, 0.2) is 71.7 Å². The molecule has 0 aliphatic rings. The van der Waals surface area contributed by atoms with Crippen molar-refractivity contribution in [1.29, 1.82) is 0 Å². The van der Waals surface area contributed by atoms with Crippen molar-refractivity contribution in [2.45, 2.75) is 45.3 Å². The average Bonchev–Trinajstić information content (AvgIpc) is 2.88. The number of carbonyl (C=O) groups excluding carboxylic acids is 2. The first kappa shape index (κ1) is 28.4. The Bertz CT molecular complexity index is 1300. The maximum atomic E-state index is 13.3. The summed E-state index contributed by atoms with van der Waals surface area (Å²) in [6.45, 7) is 2.02. The van der Waals surface area contributed by atoms with Gasteiger partial charge in [0.1, 0.15) is 18.8 Å². The van der Waals surface area contributed by atoms with Gasteiger partial charge in [0.15, 0.2) is 6.10 Å². The van der Waals surface area contributed by atoms with E-state index in [4.69, 9.17) is 4.74 Å². The SMILES string of the molecule is CC(C)C(NC(=O)Cn1c(-c2ccccc2)ccc(NC(=O)OCc2ccccn2)c1=O)C(O)C(F)(F)F. The molecule has 38 heavy (non-hydrogen) atoms. The lowest BCUT2D eigenvalue weighted by Crippen LogP contribution is -2.53. The van der Waals surface area contributed by atoms with Crippen molar-refractivity contribution in [3.63, 3.8) is 0 Å². The normalized spacial score (nSPS) is 13.0. The van der Waals surface area contributed by atoms with E-state index < -0.39 is 48.3 Å². The van der Waals surface area contributed by atoms with Crippen molar-refractivity contribution < 1.29 is 32.6 Å². The van der Waals surface area contributed by atoms with Crippen molar-refractivity contribution >= 4 is 17.7 Å². The zero-order chi connectivity index (χ0) is 27.9. The average molecular weight is 533 g/mol. The molecule has 2 atom stereocenters. The highest BCUT2D eigenvalue weighted by atomic mass is 19.4.